The number of rotatable bonds is 6. The molecule has 0 radical (unpaired) electrons. The second-order valence-electron chi connectivity index (χ2n) is 10.4. The number of aromatic nitrogens is 4. The first-order chi connectivity index (χ1) is 18.0. The van der Waals surface area contributed by atoms with E-state index in [2.05, 4.69) is 25.4 Å². The minimum atomic E-state index is -1.30. The number of carbonyl (C=O) groups excluding carboxylic acids is 1. The summed E-state index contributed by atoms with van der Waals surface area (Å²) in [6, 6.07) is 4.22. The summed E-state index contributed by atoms with van der Waals surface area (Å²) in [5.74, 6) is -2.65. The number of nitrogens with one attached hydrogen (secondary N) is 1. The number of amides is 1. The van der Waals surface area contributed by atoms with Crippen LogP contribution in [0.2, 0.25) is 0 Å². The number of hydrogen-bond donors (Lipinski definition) is 1. The number of hydrogen-bond acceptors (Lipinski definition) is 7. The molecule has 0 bridgehead atoms. The van der Waals surface area contributed by atoms with Crippen molar-refractivity contribution in [3.63, 3.8) is 0 Å². The molecular weight excluding hydrogens is 501 g/mol. The molecule has 1 aromatic carbocycles. The normalized spacial score (nSPS) is 14.9. The molecule has 3 aromatic heterocycles. The quantitative estimate of drug-likeness (QED) is 0.359. The van der Waals surface area contributed by atoms with Gasteiger partial charge in [0, 0.05) is 32.6 Å². The van der Waals surface area contributed by atoms with Gasteiger partial charge in [-0.05, 0) is 23.6 Å². The first-order valence-corrected chi connectivity index (χ1v) is 12.1. The highest BCUT2D eigenvalue weighted by molar-refractivity contribution is 5.94. The topological polar surface area (TPSA) is 102 Å². The molecule has 1 unspecified atom stereocenters. The molecular formula is C26H27F3N6O3. The van der Waals surface area contributed by atoms with Crippen molar-refractivity contribution in [1.29, 1.82) is 0 Å². The van der Waals surface area contributed by atoms with Gasteiger partial charge in [-0.15, -0.1) is 10.2 Å². The fourth-order valence-corrected chi connectivity index (χ4v) is 4.54. The smallest absolute Gasteiger partial charge is 0.272 e. The monoisotopic (exact) mass is 528 g/mol. The van der Waals surface area contributed by atoms with E-state index < -0.39 is 34.8 Å². The van der Waals surface area contributed by atoms with Gasteiger partial charge in [-0.2, -0.15) is 0 Å². The Hall–Kier alpha value is -3.93. The van der Waals surface area contributed by atoms with Gasteiger partial charge in [0.25, 0.3) is 5.91 Å². The van der Waals surface area contributed by atoms with Crippen molar-refractivity contribution in [1.82, 2.24) is 30.0 Å². The van der Waals surface area contributed by atoms with Gasteiger partial charge < -0.3 is 18.7 Å². The van der Waals surface area contributed by atoms with Crippen LogP contribution in [0.4, 0.5) is 13.2 Å². The maximum Gasteiger partial charge on any atom is 0.272 e. The van der Waals surface area contributed by atoms with Crippen LogP contribution in [0.5, 0.6) is 0 Å². The van der Waals surface area contributed by atoms with Gasteiger partial charge in [-0.3, -0.25) is 9.69 Å². The Morgan fingerprint density at radius 2 is 1.89 bits per heavy atom. The molecule has 1 amide bonds. The second-order valence-corrected chi connectivity index (χ2v) is 10.4. The van der Waals surface area contributed by atoms with Gasteiger partial charge >= 0.3 is 0 Å². The lowest BCUT2D eigenvalue weighted by atomic mass is 9.86. The number of aryl methyl sites for hydroxylation is 1. The highest BCUT2D eigenvalue weighted by atomic mass is 19.2. The number of nitrogens with zero attached hydrogens (tertiary/aromatic N) is 5. The molecule has 200 valence electrons. The van der Waals surface area contributed by atoms with Crippen LogP contribution in [-0.4, -0.2) is 37.1 Å². The number of furan rings is 1. The SMILES string of the molecule is Cc1nnc(C(NC(=O)c2nc(-c3cc(F)c(F)cc3F)n3c2CN(Cc2ccco2)CC3)C(C)(C)C)o1. The molecule has 1 N–H and O–H groups in total. The van der Waals surface area contributed by atoms with E-state index >= 15 is 0 Å². The third kappa shape index (κ3) is 4.95. The summed E-state index contributed by atoms with van der Waals surface area (Å²) >= 11 is 0. The van der Waals surface area contributed by atoms with Crippen LogP contribution in [0.15, 0.2) is 39.4 Å². The van der Waals surface area contributed by atoms with Crippen molar-refractivity contribution in [2.24, 2.45) is 5.41 Å². The van der Waals surface area contributed by atoms with Gasteiger partial charge in [0.1, 0.15) is 23.4 Å². The van der Waals surface area contributed by atoms with E-state index in [-0.39, 0.29) is 23.0 Å². The molecule has 38 heavy (non-hydrogen) atoms. The molecule has 0 aliphatic carbocycles. The van der Waals surface area contributed by atoms with Crippen molar-refractivity contribution >= 4 is 5.91 Å². The summed E-state index contributed by atoms with van der Waals surface area (Å²) in [6.07, 6.45) is 1.58. The Morgan fingerprint density at radius 3 is 2.55 bits per heavy atom. The highest BCUT2D eigenvalue weighted by Crippen LogP contribution is 2.34. The fourth-order valence-electron chi connectivity index (χ4n) is 4.54. The van der Waals surface area contributed by atoms with Crippen molar-refractivity contribution in [2.45, 2.75) is 53.4 Å². The first-order valence-electron chi connectivity index (χ1n) is 12.1. The van der Waals surface area contributed by atoms with Crippen LogP contribution in [0, 0.1) is 29.8 Å². The van der Waals surface area contributed by atoms with Crippen LogP contribution in [0.25, 0.3) is 11.4 Å². The Kier molecular flexibility index (Phi) is 6.59. The predicted octanol–water partition coefficient (Wildman–Crippen LogP) is 4.78. The number of imidazole rings is 1. The van der Waals surface area contributed by atoms with E-state index in [4.69, 9.17) is 8.83 Å². The first kappa shape index (κ1) is 25.7. The van der Waals surface area contributed by atoms with E-state index in [1.807, 2.05) is 26.8 Å². The third-order valence-electron chi connectivity index (χ3n) is 6.44. The van der Waals surface area contributed by atoms with Crippen LogP contribution in [0.1, 0.15) is 60.5 Å². The number of benzene rings is 1. The summed E-state index contributed by atoms with van der Waals surface area (Å²) < 4.78 is 55.3. The molecule has 1 atom stereocenters. The average molecular weight is 529 g/mol. The van der Waals surface area contributed by atoms with Crippen molar-refractivity contribution in [3.05, 3.63) is 76.9 Å². The average Bonchev–Trinajstić information content (AvgIpc) is 3.59. The Balaban J connectivity index is 1.55. The molecule has 0 fully saturated rings. The fraction of sp³-hybridized carbons (Fsp3) is 0.385. The minimum absolute atomic E-state index is 0.0405. The van der Waals surface area contributed by atoms with Gasteiger partial charge in [-0.25, -0.2) is 18.2 Å². The van der Waals surface area contributed by atoms with E-state index in [1.54, 1.807) is 23.8 Å². The molecule has 1 aliphatic heterocycles. The predicted molar refractivity (Wildman–Crippen MR) is 129 cm³/mol. The van der Waals surface area contributed by atoms with Gasteiger partial charge in [-0.1, -0.05) is 20.8 Å². The Labute approximate surface area is 216 Å². The van der Waals surface area contributed by atoms with Crippen LogP contribution in [-0.2, 0) is 19.6 Å². The maximum atomic E-state index is 14.8. The lowest BCUT2D eigenvalue weighted by Gasteiger charge is -2.30. The molecule has 4 heterocycles. The standard InChI is InChI=1S/C26H27F3N6O3/c1-14-32-33-25(38-14)22(26(2,3)4)31-24(36)21-20-13-34(12-15-6-5-9-37-15)7-8-35(20)23(30-21)16-10-18(28)19(29)11-17(16)27/h5-6,9-11,22H,7-8,12-13H2,1-4H3,(H,31,36). The van der Waals surface area contributed by atoms with Crippen molar-refractivity contribution in [2.75, 3.05) is 6.54 Å². The molecule has 1 aliphatic rings. The minimum Gasteiger partial charge on any atom is -0.468 e. The largest absolute Gasteiger partial charge is 0.468 e. The maximum absolute atomic E-state index is 14.8. The summed E-state index contributed by atoms with van der Waals surface area (Å²) in [6.45, 7) is 9.04. The van der Waals surface area contributed by atoms with E-state index in [0.717, 1.165) is 11.8 Å². The van der Waals surface area contributed by atoms with E-state index in [0.29, 0.717) is 43.8 Å². The van der Waals surface area contributed by atoms with E-state index in [9.17, 15) is 18.0 Å². The zero-order valence-electron chi connectivity index (χ0n) is 21.4. The highest BCUT2D eigenvalue weighted by Gasteiger charge is 2.36. The van der Waals surface area contributed by atoms with Crippen LogP contribution in [0.3, 0.4) is 0 Å². The van der Waals surface area contributed by atoms with Crippen molar-refractivity contribution < 1.29 is 26.8 Å². The molecule has 0 spiro atoms. The second kappa shape index (κ2) is 9.75. The lowest BCUT2D eigenvalue weighted by Crippen LogP contribution is -2.39. The van der Waals surface area contributed by atoms with Gasteiger partial charge in [0.15, 0.2) is 17.3 Å². The number of carbonyl (C=O) groups is 1. The molecule has 4 aromatic rings. The lowest BCUT2D eigenvalue weighted by molar-refractivity contribution is 0.0876. The summed E-state index contributed by atoms with van der Waals surface area (Å²) in [5.41, 5.74) is -0.189. The van der Waals surface area contributed by atoms with Crippen molar-refractivity contribution in [3.8, 4) is 11.4 Å². The Bertz CT molecular complexity index is 1470. The van der Waals surface area contributed by atoms with Gasteiger partial charge in [0.2, 0.25) is 11.8 Å². The van der Waals surface area contributed by atoms with Crippen LogP contribution >= 0.6 is 0 Å². The van der Waals surface area contributed by atoms with Crippen LogP contribution < -0.4 is 5.32 Å². The Morgan fingerprint density at radius 1 is 1.13 bits per heavy atom. The zero-order chi connectivity index (χ0) is 27.2. The molecule has 0 saturated heterocycles. The third-order valence-corrected chi connectivity index (χ3v) is 6.44. The number of halogens is 3. The molecule has 5 rings (SSSR count). The summed E-state index contributed by atoms with van der Waals surface area (Å²) in [7, 11) is 0. The molecule has 0 saturated carbocycles. The molecule has 12 heteroatoms. The van der Waals surface area contributed by atoms with Gasteiger partial charge in [0.05, 0.1) is 24.1 Å². The zero-order valence-corrected chi connectivity index (χ0v) is 21.4. The summed E-state index contributed by atoms with van der Waals surface area (Å²) in [4.78, 5) is 20.2. The molecule has 9 nitrogen and oxygen atoms in total. The number of fused-ring (bicyclic) bond motifs is 1. The summed E-state index contributed by atoms with van der Waals surface area (Å²) in [5, 5.41) is 10.9. The van der Waals surface area contributed by atoms with E-state index in [1.165, 1.54) is 0 Å².